The number of aryl methyl sites for hydroxylation is 2. The summed E-state index contributed by atoms with van der Waals surface area (Å²) in [5.74, 6) is 1.29. The summed E-state index contributed by atoms with van der Waals surface area (Å²) in [6.45, 7) is 7.15. The summed E-state index contributed by atoms with van der Waals surface area (Å²) >= 11 is 0. The standard InChI is InChI=1S/C26H29N3O3/c1-4-29-23-8-6-5-7-21(23)22-15-19(10-12-24(22)29)28-26(31)14-17(2)13-25(30)27-16-20-11-9-18(3)32-20/h5-12,15,17H,4,13-14,16H2,1-3H3,(H,27,30)(H,28,31). The number of carbonyl (C=O) groups is 2. The van der Waals surface area contributed by atoms with E-state index in [0.717, 1.165) is 34.7 Å². The molecule has 0 spiro atoms. The van der Waals surface area contributed by atoms with Crippen LogP contribution in [0, 0.1) is 12.8 Å². The van der Waals surface area contributed by atoms with Gasteiger partial charge in [0.15, 0.2) is 0 Å². The summed E-state index contributed by atoms with van der Waals surface area (Å²) in [4.78, 5) is 24.8. The maximum atomic E-state index is 12.6. The number of hydrogen-bond acceptors (Lipinski definition) is 3. The summed E-state index contributed by atoms with van der Waals surface area (Å²) in [5, 5.41) is 8.14. The van der Waals surface area contributed by atoms with Crippen LogP contribution in [-0.4, -0.2) is 16.4 Å². The van der Waals surface area contributed by atoms with Crippen LogP contribution >= 0.6 is 0 Å². The van der Waals surface area contributed by atoms with Crippen molar-refractivity contribution >= 4 is 39.3 Å². The molecule has 4 aromatic rings. The number of carbonyl (C=O) groups excluding carboxylic acids is 2. The lowest BCUT2D eigenvalue weighted by Gasteiger charge is -2.12. The number of fused-ring (bicyclic) bond motifs is 3. The highest BCUT2D eigenvalue weighted by Gasteiger charge is 2.15. The Bertz CT molecular complexity index is 1270. The molecule has 2 aromatic heterocycles. The molecule has 32 heavy (non-hydrogen) atoms. The van der Waals surface area contributed by atoms with Gasteiger partial charge in [-0.25, -0.2) is 0 Å². The van der Waals surface area contributed by atoms with E-state index in [1.54, 1.807) is 0 Å². The van der Waals surface area contributed by atoms with E-state index in [4.69, 9.17) is 4.42 Å². The lowest BCUT2D eigenvalue weighted by atomic mass is 10.0. The van der Waals surface area contributed by atoms with Crippen LogP contribution in [0.3, 0.4) is 0 Å². The predicted molar refractivity (Wildman–Crippen MR) is 127 cm³/mol. The highest BCUT2D eigenvalue weighted by Crippen LogP contribution is 2.31. The van der Waals surface area contributed by atoms with Crippen molar-refractivity contribution in [1.82, 2.24) is 9.88 Å². The van der Waals surface area contributed by atoms with Crippen molar-refractivity contribution < 1.29 is 14.0 Å². The van der Waals surface area contributed by atoms with Gasteiger partial charge in [-0.15, -0.1) is 0 Å². The van der Waals surface area contributed by atoms with E-state index in [1.165, 1.54) is 10.9 Å². The molecule has 0 fully saturated rings. The fourth-order valence-electron chi connectivity index (χ4n) is 4.23. The van der Waals surface area contributed by atoms with Crippen LogP contribution in [0.15, 0.2) is 59.0 Å². The SMILES string of the molecule is CCn1c2ccccc2c2cc(NC(=O)CC(C)CC(=O)NCc3ccc(C)o3)ccc21. The van der Waals surface area contributed by atoms with Crippen LogP contribution in [0.5, 0.6) is 0 Å². The quantitative estimate of drug-likeness (QED) is 0.393. The van der Waals surface area contributed by atoms with E-state index < -0.39 is 0 Å². The van der Waals surface area contributed by atoms with Gasteiger partial charge >= 0.3 is 0 Å². The number of rotatable bonds is 8. The number of furan rings is 1. The first-order valence-corrected chi connectivity index (χ1v) is 11.1. The van der Waals surface area contributed by atoms with Crippen LogP contribution in [-0.2, 0) is 22.7 Å². The summed E-state index contributed by atoms with van der Waals surface area (Å²) in [7, 11) is 0. The third kappa shape index (κ3) is 4.69. The number of benzene rings is 2. The minimum Gasteiger partial charge on any atom is -0.465 e. The summed E-state index contributed by atoms with van der Waals surface area (Å²) in [5.41, 5.74) is 3.12. The zero-order valence-corrected chi connectivity index (χ0v) is 18.8. The molecule has 0 saturated carbocycles. The Morgan fingerprint density at radius 1 is 0.969 bits per heavy atom. The van der Waals surface area contributed by atoms with E-state index in [-0.39, 0.29) is 30.6 Å². The lowest BCUT2D eigenvalue weighted by Crippen LogP contribution is -2.25. The summed E-state index contributed by atoms with van der Waals surface area (Å²) in [6.07, 6.45) is 0.568. The normalized spacial score (nSPS) is 12.2. The van der Waals surface area contributed by atoms with Gasteiger partial charge in [0.1, 0.15) is 11.5 Å². The maximum Gasteiger partial charge on any atom is 0.224 e. The molecule has 0 saturated heterocycles. The number of aromatic nitrogens is 1. The smallest absolute Gasteiger partial charge is 0.224 e. The van der Waals surface area contributed by atoms with Crippen LogP contribution in [0.2, 0.25) is 0 Å². The summed E-state index contributed by atoms with van der Waals surface area (Å²) in [6, 6.07) is 18.1. The molecule has 1 unspecified atom stereocenters. The number of amides is 2. The number of nitrogens with zero attached hydrogens (tertiary/aromatic N) is 1. The van der Waals surface area contributed by atoms with Crippen molar-refractivity contribution in [3.05, 3.63) is 66.1 Å². The molecular weight excluding hydrogens is 402 g/mol. The van der Waals surface area contributed by atoms with Gasteiger partial charge in [0.25, 0.3) is 0 Å². The molecule has 0 bridgehead atoms. The Hall–Kier alpha value is -3.54. The molecule has 0 aliphatic carbocycles. The van der Waals surface area contributed by atoms with Crippen molar-refractivity contribution in [2.45, 2.75) is 46.7 Å². The molecule has 0 radical (unpaired) electrons. The maximum absolute atomic E-state index is 12.6. The highest BCUT2D eigenvalue weighted by atomic mass is 16.3. The second-order valence-corrected chi connectivity index (χ2v) is 8.34. The predicted octanol–water partition coefficient (Wildman–Crippen LogP) is 5.39. The molecule has 1 atom stereocenters. The van der Waals surface area contributed by atoms with Gasteiger partial charge in [-0.3, -0.25) is 9.59 Å². The van der Waals surface area contributed by atoms with Crippen LogP contribution in [0.4, 0.5) is 5.69 Å². The minimum absolute atomic E-state index is 0.0703. The van der Waals surface area contributed by atoms with Crippen LogP contribution < -0.4 is 10.6 Å². The second kappa shape index (κ2) is 9.30. The zero-order valence-electron chi connectivity index (χ0n) is 18.8. The first kappa shape index (κ1) is 21.7. The van der Waals surface area contributed by atoms with E-state index in [2.05, 4.69) is 40.3 Å². The number of nitrogens with one attached hydrogen (secondary N) is 2. The van der Waals surface area contributed by atoms with Crippen molar-refractivity contribution in [1.29, 1.82) is 0 Å². The topological polar surface area (TPSA) is 76.3 Å². The molecule has 4 rings (SSSR count). The third-order valence-corrected chi connectivity index (χ3v) is 5.70. The Kier molecular flexibility index (Phi) is 6.30. The largest absolute Gasteiger partial charge is 0.465 e. The Balaban J connectivity index is 1.36. The van der Waals surface area contributed by atoms with E-state index in [1.807, 2.05) is 50.2 Å². The second-order valence-electron chi connectivity index (χ2n) is 8.34. The Labute approximate surface area is 187 Å². The van der Waals surface area contributed by atoms with Crippen molar-refractivity contribution in [3.8, 4) is 0 Å². The van der Waals surface area contributed by atoms with E-state index >= 15 is 0 Å². The number of anilines is 1. The molecule has 2 N–H and O–H groups in total. The average Bonchev–Trinajstić information content (AvgIpc) is 3.32. The van der Waals surface area contributed by atoms with Crippen molar-refractivity contribution in [2.24, 2.45) is 5.92 Å². The Morgan fingerprint density at radius 2 is 1.72 bits per heavy atom. The number of hydrogen-bond donors (Lipinski definition) is 2. The van der Waals surface area contributed by atoms with E-state index in [9.17, 15) is 9.59 Å². The molecule has 166 valence electrons. The van der Waals surface area contributed by atoms with Crippen LogP contribution in [0.25, 0.3) is 21.8 Å². The van der Waals surface area contributed by atoms with Gasteiger partial charge in [-0.2, -0.15) is 0 Å². The van der Waals surface area contributed by atoms with Crippen LogP contribution in [0.1, 0.15) is 38.2 Å². The fourth-order valence-corrected chi connectivity index (χ4v) is 4.23. The first-order chi connectivity index (χ1) is 15.4. The Morgan fingerprint density at radius 3 is 2.47 bits per heavy atom. The monoisotopic (exact) mass is 431 g/mol. The van der Waals surface area contributed by atoms with Gasteiger partial charge in [-0.05, 0) is 56.2 Å². The fraction of sp³-hybridized carbons (Fsp3) is 0.308. The van der Waals surface area contributed by atoms with Gasteiger partial charge in [0.05, 0.1) is 6.54 Å². The van der Waals surface area contributed by atoms with Crippen molar-refractivity contribution in [2.75, 3.05) is 5.32 Å². The first-order valence-electron chi connectivity index (χ1n) is 11.1. The lowest BCUT2D eigenvalue weighted by molar-refractivity contribution is -0.122. The van der Waals surface area contributed by atoms with Gasteiger partial charge < -0.3 is 19.6 Å². The molecule has 6 nitrogen and oxygen atoms in total. The van der Waals surface area contributed by atoms with Crippen molar-refractivity contribution in [3.63, 3.8) is 0 Å². The molecule has 0 aliphatic rings. The minimum atomic E-state index is -0.0921. The number of para-hydroxylation sites is 1. The molecular formula is C26H29N3O3. The zero-order chi connectivity index (χ0) is 22.7. The van der Waals surface area contributed by atoms with E-state index in [0.29, 0.717) is 6.54 Å². The van der Waals surface area contributed by atoms with Gasteiger partial charge in [0.2, 0.25) is 11.8 Å². The molecule has 2 heterocycles. The summed E-state index contributed by atoms with van der Waals surface area (Å²) < 4.78 is 7.73. The van der Waals surface area contributed by atoms with Gasteiger partial charge in [-0.1, -0.05) is 25.1 Å². The van der Waals surface area contributed by atoms with Gasteiger partial charge in [0, 0.05) is 46.9 Å². The molecule has 2 amide bonds. The highest BCUT2D eigenvalue weighted by molar-refractivity contribution is 6.09. The molecule has 6 heteroatoms. The average molecular weight is 432 g/mol. The molecule has 2 aromatic carbocycles. The third-order valence-electron chi connectivity index (χ3n) is 5.70. The molecule has 0 aliphatic heterocycles.